The highest BCUT2D eigenvalue weighted by atomic mass is 32.2. The highest BCUT2D eigenvalue weighted by molar-refractivity contribution is 7.89. The van der Waals surface area contributed by atoms with Gasteiger partial charge in [0.15, 0.2) is 0 Å². The van der Waals surface area contributed by atoms with Gasteiger partial charge in [-0.3, -0.25) is 4.90 Å². The molecule has 0 bridgehead atoms. The van der Waals surface area contributed by atoms with Gasteiger partial charge in [-0.1, -0.05) is 0 Å². The number of sulfonamides is 1. The van der Waals surface area contributed by atoms with E-state index >= 15 is 0 Å². The predicted octanol–water partition coefficient (Wildman–Crippen LogP) is 0.408. The van der Waals surface area contributed by atoms with Crippen molar-refractivity contribution in [3.63, 3.8) is 0 Å². The molecule has 0 radical (unpaired) electrons. The van der Waals surface area contributed by atoms with Crippen LogP contribution in [0.5, 0.6) is 0 Å². The van der Waals surface area contributed by atoms with Crippen LogP contribution in [0.2, 0.25) is 0 Å². The van der Waals surface area contributed by atoms with Crippen LogP contribution in [0.25, 0.3) is 0 Å². The second kappa shape index (κ2) is 7.17. The topological polar surface area (TPSA) is 84.7 Å². The fourth-order valence-electron chi connectivity index (χ4n) is 2.09. The van der Waals surface area contributed by atoms with E-state index in [1.54, 1.807) is 0 Å². The summed E-state index contributed by atoms with van der Waals surface area (Å²) in [4.78, 5) is 2.11. The summed E-state index contributed by atoms with van der Waals surface area (Å²) >= 11 is 0. The molecule has 8 heteroatoms. The first-order chi connectivity index (χ1) is 9.99. The van der Waals surface area contributed by atoms with Gasteiger partial charge in [0.05, 0.1) is 23.8 Å². The lowest BCUT2D eigenvalue weighted by molar-refractivity contribution is 0.0376. The fourth-order valence-corrected chi connectivity index (χ4v) is 3.18. The van der Waals surface area contributed by atoms with Crippen LogP contribution in [0.3, 0.4) is 0 Å². The van der Waals surface area contributed by atoms with Crippen LogP contribution in [0.1, 0.15) is 6.42 Å². The molecule has 1 aliphatic rings. The number of benzene rings is 1. The summed E-state index contributed by atoms with van der Waals surface area (Å²) in [7, 11) is -3.69. The number of halogens is 1. The van der Waals surface area contributed by atoms with Crippen LogP contribution >= 0.6 is 0 Å². The molecule has 0 amide bonds. The summed E-state index contributed by atoms with van der Waals surface area (Å²) in [5.74, 6) is -0.730. The highest BCUT2D eigenvalue weighted by Gasteiger charge is 2.16. The number of anilines is 1. The Kier molecular flexibility index (Phi) is 5.51. The van der Waals surface area contributed by atoms with Crippen molar-refractivity contribution in [1.82, 2.24) is 9.62 Å². The normalized spacial score (nSPS) is 17.0. The molecule has 0 aromatic heterocycles. The average molecular weight is 317 g/mol. The van der Waals surface area contributed by atoms with Crippen molar-refractivity contribution < 1.29 is 17.5 Å². The van der Waals surface area contributed by atoms with Crippen molar-refractivity contribution in [3.8, 4) is 0 Å². The first-order valence-corrected chi connectivity index (χ1v) is 8.32. The number of ether oxygens (including phenoxy) is 1. The molecular weight excluding hydrogens is 297 g/mol. The second-order valence-corrected chi connectivity index (χ2v) is 6.66. The molecule has 1 aliphatic heterocycles. The Hall–Kier alpha value is -1.22. The van der Waals surface area contributed by atoms with Gasteiger partial charge in [-0.25, -0.2) is 17.5 Å². The van der Waals surface area contributed by atoms with Crippen LogP contribution in [0, 0.1) is 5.82 Å². The van der Waals surface area contributed by atoms with Crippen molar-refractivity contribution in [2.45, 2.75) is 11.3 Å². The zero-order valence-electron chi connectivity index (χ0n) is 11.7. The molecule has 118 valence electrons. The fraction of sp³-hybridized carbons (Fsp3) is 0.538. The van der Waals surface area contributed by atoms with Gasteiger partial charge < -0.3 is 10.5 Å². The largest absolute Gasteiger partial charge is 0.396 e. The van der Waals surface area contributed by atoms with Crippen LogP contribution < -0.4 is 10.5 Å². The van der Waals surface area contributed by atoms with Gasteiger partial charge in [-0.2, -0.15) is 0 Å². The van der Waals surface area contributed by atoms with Crippen molar-refractivity contribution in [2.75, 3.05) is 45.1 Å². The quantitative estimate of drug-likeness (QED) is 0.586. The molecule has 0 saturated carbocycles. The van der Waals surface area contributed by atoms with Crippen LogP contribution in [-0.2, 0) is 14.8 Å². The number of nitrogen functional groups attached to an aromatic ring is 1. The summed E-state index contributed by atoms with van der Waals surface area (Å²) in [5, 5.41) is 0. The predicted molar refractivity (Wildman–Crippen MR) is 77.9 cm³/mol. The summed E-state index contributed by atoms with van der Waals surface area (Å²) in [6.45, 7) is 4.30. The van der Waals surface area contributed by atoms with Crippen LogP contribution in [0.15, 0.2) is 23.1 Å². The number of nitrogens with one attached hydrogen (secondary N) is 1. The Balaban J connectivity index is 1.82. The van der Waals surface area contributed by atoms with Crippen LogP contribution in [-0.4, -0.2) is 52.7 Å². The smallest absolute Gasteiger partial charge is 0.240 e. The van der Waals surface area contributed by atoms with Gasteiger partial charge in [-0.05, 0) is 31.2 Å². The molecule has 0 aliphatic carbocycles. The Bertz CT molecular complexity index is 574. The molecule has 1 heterocycles. The summed E-state index contributed by atoms with van der Waals surface area (Å²) in [6.07, 6.45) is 0.691. The molecule has 21 heavy (non-hydrogen) atoms. The molecule has 1 saturated heterocycles. The SMILES string of the molecule is Nc1ccc(S(=O)(=O)NCCCN2CCOCC2)cc1F. The van der Waals surface area contributed by atoms with E-state index in [4.69, 9.17) is 10.5 Å². The van der Waals surface area contributed by atoms with Gasteiger partial charge in [0, 0.05) is 19.6 Å². The maximum Gasteiger partial charge on any atom is 0.240 e. The number of hydrogen-bond acceptors (Lipinski definition) is 5. The van der Waals surface area contributed by atoms with Gasteiger partial charge in [-0.15, -0.1) is 0 Å². The molecule has 2 rings (SSSR count). The average Bonchev–Trinajstić information content (AvgIpc) is 2.47. The maximum absolute atomic E-state index is 13.3. The van der Waals surface area contributed by atoms with Crippen molar-refractivity contribution in [2.24, 2.45) is 0 Å². The van der Waals surface area contributed by atoms with Crippen molar-refractivity contribution in [1.29, 1.82) is 0 Å². The third-order valence-electron chi connectivity index (χ3n) is 3.33. The molecular formula is C13H20FN3O3S. The van der Waals surface area contributed by atoms with Crippen molar-refractivity contribution >= 4 is 15.7 Å². The second-order valence-electron chi connectivity index (χ2n) is 4.89. The molecule has 1 aromatic rings. The lowest BCUT2D eigenvalue weighted by Gasteiger charge is -2.26. The zero-order valence-corrected chi connectivity index (χ0v) is 12.5. The Morgan fingerprint density at radius 1 is 1.33 bits per heavy atom. The van der Waals surface area contributed by atoms with E-state index in [1.807, 2.05) is 0 Å². The van der Waals surface area contributed by atoms with E-state index in [0.29, 0.717) is 13.0 Å². The van der Waals surface area contributed by atoms with E-state index < -0.39 is 15.8 Å². The monoisotopic (exact) mass is 317 g/mol. The van der Waals surface area contributed by atoms with E-state index in [2.05, 4.69) is 9.62 Å². The van der Waals surface area contributed by atoms with Gasteiger partial charge in [0.25, 0.3) is 0 Å². The number of morpholine rings is 1. The lowest BCUT2D eigenvalue weighted by atomic mass is 10.3. The summed E-state index contributed by atoms with van der Waals surface area (Å²) in [5.41, 5.74) is 5.26. The molecule has 0 spiro atoms. The standard InChI is InChI=1S/C13H20FN3O3S/c14-12-10-11(2-3-13(12)15)21(18,19)16-4-1-5-17-6-8-20-9-7-17/h2-3,10,16H,1,4-9,15H2. The van der Waals surface area contributed by atoms with Crippen molar-refractivity contribution in [3.05, 3.63) is 24.0 Å². The Morgan fingerprint density at radius 3 is 2.71 bits per heavy atom. The van der Waals surface area contributed by atoms with E-state index in [1.165, 1.54) is 12.1 Å². The number of nitrogens with two attached hydrogens (primary N) is 1. The third kappa shape index (κ3) is 4.63. The number of rotatable bonds is 6. The molecule has 1 aromatic carbocycles. The molecule has 3 N–H and O–H groups in total. The zero-order chi connectivity index (χ0) is 15.3. The summed E-state index contributed by atoms with van der Waals surface area (Å²) < 4.78 is 45.0. The molecule has 1 fully saturated rings. The minimum atomic E-state index is -3.69. The first-order valence-electron chi connectivity index (χ1n) is 6.84. The Labute approximate surface area is 124 Å². The van der Waals surface area contributed by atoms with Gasteiger partial charge in [0.2, 0.25) is 10.0 Å². The molecule has 0 unspecified atom stereocenters. The Morgan fingerprint density at radius 2 is 2.05 bits per heavy atom. The lowest BCUT2D eigenvalue weighted by Crippen LogP contribution is -2.38. The van der Waals surface area contributed by atoms with Gasteiger partial charge >= 0.3 is 0 Å². The minimum Gasteiger partial charge on any atom is -0.396 e. The first kappa shape index (κ1) is 16.2. The summed E-state index contributed by atoms with van der Waals surface area (Å²) in [6, 6.07) is 3.47. The highest BCUT2D eigenvalue weighted by Crippen LogP contribution is 2.15. The van der Waals surface area contributed by atoms with Crippen LogP contribution in [0.4, 0.5) is 10.1 Å². The maximum atomic E-state index is 13.3. The van der Waals surface area contributed by atoms with E-state index in [-0.39, 0.29) is 10.6 Å². The third-order valence-corrected chi connectivity index (χ3v) is 4.79. The number of hydrogen-bond donors (Lipinski definition) is 2. The van der Waals surface area contributed by atoms with E-state index in [9.17, 15) is 12.8 Å². The van der Waals surface area contributed by atoms with E-state index in [0.717, 1.165) is 38.9 Å². The number of nitrogens with zero attached hydrogens (tertiary/aromatic N) is 1. The van der Waals surface area contributed by atoms with Gasteiger partial charge in [0.1, 0.15) is 5.82 Å². The molecule has 6 nitrogen and oxygen atoms in total. The minimum absolute atomic E-state index is 0.0683. The molecule has 0 atom stereocenters.